The van der Waals surface area contributed by atoms with Crippen LogP contribution in [-0.4, -0.2) is 17.6 Å². The molecule has 0 aromatic heterocycles. The second-order valence-electron chi connectivity index (χ2n) is 3.58. The number of primary amides is 1. The van der Waals surface area contributed by atoms with E-state index in [-0.39, 0.29) is 0 Å². The molecule has 0 rings (SSSR count). The van der Waals surface area contributed by atoms with Crippen molar-refractivity contribution in [3.05, 3.63) is 0 Å². The molecule has 0 fully saturated rings. The van der Waals surface area contributed by atoms with Crippen LogP contribution in [0.4, 0.5) is 4.79 Å². The summed E-state index contributed by atoms with van der Waals surface area (Å²) in [5, 5.41) is 0. The van der Waals surface area contributed by atoms with Gasteiger partial charge in [-0.2, -0.15) is 0 Å². The Bertz CT molecular complexity index is 130. The van der Waals surface area contributed by atoms with Crippen LogP contribution in [0, 0.1) is 0 Å². The van der Waals surface area contributed by atoms with Crippen LogP contribution in [0.25, 0.3) is 0 Å². The first-order valence-corrected chi connectivity index (χ1v) is 4.91. The highest BCUT2D eigenvalue weighted by molar-refractivity contribution is 6.17. The summed E-state index contributed by atoms with van der Waals surface area (Å²) in [6.07, 6.45) is 1.64. The van der Waals surface area contributed by atoms with Gasteiger partial charge in [-0.3, -0.25) is 0 Å². The molecule has 0 saturated heterocycles. The first kappa shape index (κ1) is 15.1. The molecule has 2 N–H and O–H groups in total. The van der Waals surface area contributed by atoms with Crippen molar-refractivity contribution < 1.29 is 9.53 Å². The summed E-state index contributed by atoms with van der Waals surface area (Å²) in [4.78, 5) is 10.0. The first-order chi connectivity index (χ1) is 5.83. The van der Waals surface area contributed by atoms with Crippen molar-refractivity contribution in [3.63, 3.8) is 0 Å². The van der Waals surface area contributed by atoms with E-state index in [1.165, 1.54) is 6.42 Å². The number of unbranched alkanes of at least 4 members (excludes halogenated alkanes) is 1. The fourth-order valence-electron chi connectivity index (χ4n) is 0.435. The molecule has 0 aliphatic carbocycles. The monoisotopic (exact) mass is 209 g/mol. The zero-order chi connectivity index (χ0) is 10.9. The van der Waals surface area contributed by atoms with E-state index in [0.717, 1.165) is 12.3 Å². The third-order valence-corrected chi connectivity index (χ3v) is 1.16. The average Bonchev–Trinajstić information content (AvgIpc) is 1.84. The van der Waals surface area contributed by atoms with Gasteiger partial charge >= 0.3 is 6.09 Å². The Labute approximate surface area is 85.6 Å². The predicted octanol–water partition coefficient (Wildman–Crippen LogP) is 2.91. The number of carbonyl (C=O) groups is 1. The minimum absolute atomic E-state index is 0.453. The van der Waals surface area contributed by atoms with Crippen LogP contribution >= 0.6 is 11.6 Å². The minimum Gasteiger partial charge on any atom is -0.444 e. The summed E-state index contributed by atoms with van der Waals surface area (Å²) in [6, 6.07) is 0. The van der Waals surface area contributed by atoms with Crippen LogP contribution in [0.3, 0.4) is 0 Å². The summed E-state index contributed by atoms with van der Waals surface area (Å²) in [5.74, 6) is 0.816. The molecule has 0 radical (unpaired) electrons. The quantitative estimate of drug-likeness (QED) is 0.711. The number of rotatable bonds is 2. The molecule has 3 nitrogen and oxygen atoms in total. The van der Waals surface area contributed by atoms with E-state index in [9.17, 15) is 4.79 Å². The highest BCUT2D eigenvalue weighted by Crippen LogP contribution is 2.04. The van der Waals surface area contributed by atoms with Gasteiger partial charge in [-0.05, 0) is 27.2 Å². The average molecular weight is 210 g/mol. The summed E-state index contributed by atoms with van der Waals surface area (Å²) in [5.41, 5.74) is 4.26. The zero-order valence-electron chi connectivity index (χ0n) is 8.89. The maximum absolute atomic E-state index is 10.0. The maximum atomic E-state index is 10.0. The van der Waals surface area contributed by atoms with Gasteiger partial charge in [0.1, 0.15) is 5.60 Å². The molecule has 0 aliphatic heterocycles. The summed E-state index contributed by atoms with van der Waals surface area (Å²) < 4.78 is 4.58. The van der Waals surface area contributed by atoms with E-state index in [0.29, 0.717) is 0 Å². The number of nitrogens with two attached hydrogens (primary N) is 1. The molecule has 0 aliphatic rings. The van der Waals surface area contributed by atoms with Gasteiger partial charge in [0.05, 0.1) is 0 Å². The van der Waals surface area contributed by atoms with E-state index in [4.69, 9.17) is 17.3 Å². The third kappa shape index (κ3) is 24.6. The number of carbonyl (C=O) groups excluding carboxylic acids is 1. The molecule has 0 aromatic rings. The van der Waals surface area contributed by atoms with Crippen LogP contribution in [-0.2, 0) is 4.74 Å². The van der Waals surface area contributed by atoms with Gasteiger partial charge in [-0.25, -0.2) is 4.79 Å². The Kier molecular flexibility index (Phi) is 9.46. The van der Waals surface area contributed by atoms with Gasteiger partial charge in [0.25, 0.3) is 0 Å². The normalized spacial score (nSPS) is 9.92. The van der Waals surface area contributed by atoms with Crippen LogP contribution in [0.2, 0.25) is 0 Å². The van der Waals surface area contributed by atoms with Crippen molar-refractivity contribution in [2.75, 3.05) is 5.88 Å². The molecule has 0 heterocycles. The minimum atomic E-state index is -0.725. The molecular formula is C9H20ClNO2. The smallest absolute Gasteiger partial charge is 0.405 e. The second-order valence-corrected chi connectivity index (χ2v) is 3.95. The molecule has 0 atom stereocenters. The van der Waals surface area contributed by atoms with Crippen molar-refractivity contribution in [1.29, 1.82) is 0 Å². The zero-order valence-corrected chi connectivity index (χ0v) is 9.65. The molecule has 0 bridgehead atoms. The van der Waals surface area contributed by atoms with Crippen LogP contribution in [0.1, 0.15) is 40.5 Å². The summed E-state index contributed by atoms with van der Waals surface area (Å²) >= 11 is 5.30. The molecule has 1 amide bonds. The van der Waals surface area contributed by atoms with Crippen molar-refractivity contribution in [2.45, 2.75) is 46.1 Å². The number of ether oxygens (including phenoxy) is 1. The highest BCUT2D eigenvalue weighted by Gasteiger charge is 2.12. The second kappa shape index (κ2) is 8.17. The lowest BCUT2D eigenvalue weighted by Gasteiger charge is -2.16. The molecule has 80 valence electrons. The molecule has 0 unspecified atom stereocenters. The van der Waals surface area contributed by atoms with Gasteiger partial charge in [-0.15, -0.1) is 11.6 Å². The Balaban J connectivity index is 0. The first-order valence-electron chi connectivity index (χ1n) is 4.38. The van der Waals surface area contributed by atoms with E-state index in [1.54, 1.807) is 20.8 Å². The lowest BCUT2D eigenvalue weighted by molar-refractivity contribution is 0.0600. The fourth-order valence-corrected chi connectivity index (χ4v) is 0.703. The molecule has 0 aromatic carbocycles. The van der Waals surface area contributed by atoms with Crippen LogP contribution < -0.4 is 5.73 Å². The third-order valence-electron chi connectivity index (χ3n) is 0.894. The topological polar surface area (TPSA) is 52.3 Å². The van der Waals surface area contributed by atoms with Crippen molar-refractivity contribution >= 4 is 17.7 Å². The Hall–Kier alpha value is -0.440. The fraction of sp³-hybridized carbons (Fsp3) is 0.889. The number of halogens is 1. The largest absolute Gasteiger partial charge is 0.444 e. The molecule has 4 heteroatoms. The summed E-state index contributed by atoms with van der Waals surface area (Å²) in [7, 11) is 0. The number of hydrogen-bond acceptors (Lipinski definition) is 2. The Morgan fingerprint density at radius 3 is 1.92 bits per heavy atom. The lowest BCUT2D eigenvalue weighted by atomic mass is 10.2. The van der Waals surface area contributed by atoms with Gasteiger partial charge in [0, 0.05) is 5.88 Å². The maximum Gasteiger partial charge on any atom is 0.405 e. The number of amides is 1. The highest BCUT2D eigenvalue weighted by atomic mass is 35.5. The Morgan fingerprint density at radius 2 is 1.92 bits per heavy atom. The Morgan fingerprint density at radius 1 is 1.46 bits per heavy atom. The number of hydrogen-bond donors (Lipinski definition) is 1. The van der Waals surface area contributed by atoms with Gasteiger partial charge in [0.2, 0.25) is 0 Å². The molecular weight excluding hydrogens is 190 g/mol. The van der Waals surface area contributed by atoms with E-state index >= 15 is 0 Å². The lowest BCUT2D eigenvalue weighted by Crippen LogP contribution is -2.27. The van der Waals surface area contributed by atoms with Gasteiger partial charge in [-0.1, -0.05) is 13.3 Å². The predicted molar refractivity (Wildman–Crippen MR) is 56.0 cm³/mol. The van der Waals surface area contributed by atoms with Crippen LogP contribution in [0.5, 0.6) is 0 Å². The molecule has 13 heavy (non-hydrogen) atoms. The van der Waals surface area contributed by atoms with E-state index in [2.05, 4.69) is 11.7 Å². The van der Waals surface area contributed by atoms with Crippen molar-refractivity contribution in [1.82, 2.24) is 0 Å². The number of alkyl halides is 1. The van der Waals surface area contributed by atoms with Gasteiger partial charge in [0.15, 0.2) is 0 Å². The van der Waals surface area contributed by atoms with Crippen LogP contribution in [0.15, 0.2) is 0 Å². The molecule has 0 spiro atoms. The summed E-state index contributed by atoms with van der Waals surface area (Å²) in [6.45, 7) is 7.41. The SMILES string of the molecule is CC(C)(C)OC(N)=O.CCCCCl. The van der Waals surface area contributed by atoms with E-state index < -0.39 is 11.7 Å². The van der Waals surface area contributed by atoms with Gasteiger partial charge < -0.3 is 10.5 Å². The van der Waals surface area contributed by atoms with Crippen molar-refractivity contribution in [3.8, 4) is 0 Å². The standard InChI is InChI=1S/C5H11NO2.C4H9Cl/c1-5(2,3)8-4(6)7;1-2-3-4-5/h1-3H3,(H2,6,7);2-4H2,1H3. The molecule has 0 saturated carbocycles. The van der Waals surface area contributed by atoms with E-state index in [1.807, 2.05) is 0 Å². The van der Waals surface area contributed by atoms with Crippen molar-refractivity contribution in [2.24, 2.45) is 5.73 Å².